The van der Waals surface area contributed by atoms with Crippen molar-refractivity contribution in [1.82, 2.24) is 0 Å². The maximum atomic E-state index is 15.4. The van der Waals surface area contributed by atoms with Crippen molar-refractivity contribution in [3.05, 3.63) is 94.2 Å². The van der Waals surface area contributed by atoms with Gasteiger partial charge in [-0.2, -0.15) is 0 Å². The van der Waals surface area contributed by atoms with Crippen LogP contribution in [0.4, 0.5) is 16.0 Å². The maximum Gasteiger partial charge on any atom is 0.200 e. The zero-order valence-corrected chi connectivity index (χ0v) is 22.6. The fourth-order valence-electron chi connectivity index (χ4n) is 4.32. The lowest BCUT2D eigenvalue weighted by molar-refractivity contribution is -0.113. The highest BCUT2D eigenvalue weighted by Crippen LogP contribution is 2.33. The summed E-state index contributed by atoms with van der Waals surface area (Å²) in [5.41, 5.74) is 3.48. The number of para-hydroxylation sites is 1. The number of carbonyl (C=O) groups excluding carboxylic acids is 1. The number of fused-ring (bicyclic) bond motifs is 1. The third-order valence-corrected chi connectivity index (χ3v) is 6.57. The summed E-state index contributed by atoms with van der Waals surface area (Å²) in [7, 11) is 0. The monoisotopic (exact) mass is 529 g/mol. The largest absolute Gasteiger partial charge is 0.440 e. The van der Waals surface area contributed by atoms with Crippen molar-refractivity contribution in [2.75, 3.05) is 36.5 Å². The Kier molecular flexibility index (Phi) is 8.56. The molecule has 8 heteroatoms. The van der Waals surface area contributed by atoms with Gasteiger partial charge in [0.2, 0.25) is 0 Å². The second-order valence-electron chi connectivity index (χ2n) is 9.32. The van der Waals surface area contributed by atoms with Gasteiger partial charge in [-0.3, -0.25) is 9.59 Å². The van der Waals surface area contributed by atoms with Gasteiger partial charge in [0.1, 0.15) is 17.2 Å². The Balaban J connectivity index is 1.61. The van der Waals surface area contributed by atoms with E-state index < -0.39 is 5.82 Å². The summed E-state index contributed by atoms with van der Waals surface area (Å²) in [5.74, 6) is 0.256. The van der Waals surface area contributed by atoms with Gasteiger partial charge in [0, 0.05) is 41.7 Å². The van der Waals surface area contributed by atoms with E-state index in [9.17, 15) is 9.59 Å². The summed E-state index contributed by atoms with van der Waals surface area (Å²) < 4.78 is 27.0. The first-order valence-corrected chi connectivity index (χ1v) is 12.7. The van der Waals surface area contributed by atoms with Crippen molar-refractivity contribution < 1.29 is 18.3 Å². The predicted molar refractivity (Wildman–Crippen MR) is 155 cm³/mol. The molecule has 0 aliphatic carbocycles. The van der Waals surface area contributed by atoms with Gasteiger partial charge >= 0.3 is 0 Å². The minimum absolute atomic E-state index is 0.0162. The molecule has 2 aromatic carbocycles. The van der Waals surface area contributed by atoms with E-state index in [-0.39, 0.29) is 11.2 Å². The fraction of sp³-hybridized carbons (Fsp3) is 0.258. The standard InChI is InChI=1S/C31H32FN3O4/c1-6-23(16-19(2)21(4)36)20(3)33-22(5)34-24-10-11-25(28(32)17-24)26-8-7-9-27-29(37)18-30(39-31(26)27)35-12-14-38-15-13-35/h6-11,16-18,34H,5,12-15H2,1-4H3/b19-16+,23-6-,33-20-. The van der Waals surface area contributed by atoms with Gasteiger partial charge in [0.25, 0.3) is 0 Å². The summed E-state index contributed by atoms with van der Waals surface area (Å²) >= 11 is 0. The van der Waals surface area contributed by atoms with Crippen molar-refractivity contribution in [3.8, 4) is 11.1 Å². The number of nitrogens with zero attached hydrogens (tertiary/aromatic N) is 2. The number of benzene rings is 2. The summed E-state index contributed by atoms with van der Waals surface area (Å²) in [6.45, 7) is 13.2. The Morgan fingerprint density at radius 1 is 1.10 bits per heavy atom. The number of ether oxygens (including phenoxy) is 1. The van der Waals surface area contributed by atoms with Crippen molar-refractivity contribution >= 4 is 34.0 Å². The van der Waals surface area contributed by atoms with Gasteiger partial charge in [0.05, 0.1) is 18.6 Å². The van der Waals surface area contributed by atoms with E-state index >= 15 is 4.39 Å². The Morgan fingerprint density at radius 3 is 2.51 bits per heavy atom. The third kappa shape index (κ3) is 6.41. The van der Waals surface area contributed by atoms with Gasteiger partial charge in [-0.05, 0) is 69.2 Å². The number of nitrogens with one attached hydrogen (secondary N) is 1. The van der Waals surface area contributed by atoms with Crippen LogP contribution >= 0.6 is 0 Å². The van der Waals surface area contributed by atoms with Gasteiger partial charge in [-0.1, -0.05) is 24.8 Å². The topological polar surface area (TPSA) is 84.1 Å². The van der Waals surface area contributed by atoms with E-state index in [4.69, 9.17) is 9.15 Å². The van der Waals surface area contributed by atoms with Crippen LogP contribution in [0.2, 0.25) is 0 Å². The number of allylic oxidation sites excluding steroid dienone is 4. The molecule has 1 aliphatic rings. The first kappa shape index (κ1) is 27.7. The molecule has 2 heterocycles. The van der Waals surface area contributed by atoms with Crippen LogP contribution in [0.15, 0.2) is 92.4 Å². The molecule has 1 N–H and O–H groups in total. The second-order valence-corrected chi connectivity index (χ2v) is 9.32. The molecule has 7 nitrogen and oxygen atoms in total. The number of anilines is 2. The van der Waals surface area contributed by atoms with E-state index in [1.807, 2.05) is 24.8 Å². The van der Waals surface area contributed by atoms with Crippen molar-refractivity contribution in [1.29, 1.82) is 0 Å². The van der Waals surface area contributed by atoms with E-state index in [0.717, 1.165) is 5.57 Å². The fourth-order valence-corrected chi connectivity index (χ4v) is 4.32. The molecule has 0 bridgehead atoms. The Morgan fingerprint density at radius 2 is 1.85 bits per heavy atom. The lowest BCUT2D eigenvalue weighted by atomic mass is 10.0. The molecule has 1 aliphatic heterocycles. The molecule has 4 rings (SSSR count). The van der Waals surface area contributed by atoms with Crippen molar-refractivity contribution in [2.24, 2.45) is 4.99 Å². The van der Waals surface area contributed by atoms with E-state index in [1.54, 1.807) is 43.3 Å². The predicted octanol–water partition coefficient (Wildman–Crippen LogP) is 6.26. The minimum Gasteiger partial charge on any atom is -0.440 e. The quantitative estimate of drug-likeness (QED) is 0.211. The highest BCUT2D eigenvalue weighted by molar-refractivity contribution is 6.04. The number of ketones is 1. The average Bonchev–Trinajstić information content (AvgIpc) is 2.91. The smallest absolute Gasteiger partial charge is 0.200 e. The second kappa shape index (κ2) is 12.0. The van der Waals surface area contributed by atoms with Crippen LogP contribution in [0, 0.1) is 5.82 Å². The zero-order valence-electron chi connectivity index (χ0n) is 22.6. The van der Waals surface area contributed by atoms with Gasteiger partial charge in [-0.25, -0.2) is 9.38 Å². The van der Waals surface area contributed by atoms with Gasteiger partial charge < -0.3 is 19.4 Å². The summed E-state index contributed by atoms with van der Waals surface area (Å²) in [6, 6.07) is 11.3. The molecule has 0 atom stereocenters. The molecule has 0 radical (unpaired) electrons. The number of aliphatic imine (C=N–C) groups is 1. The molecule has 0 amide bonds. The van der Waals surface area contributed by atoms with Gasteiger partial charge in [0.15, 0.2) is 17.1 Å². The van der Waals surface area contributed by atoms with Crippen LogP contribution in [-0.4, -0.2) is 37.8 Å². The number of Topliss-reactive ketones (excluding diaryl/α,β-unsaturated/α-hetero) is 1. The number of morpholine rings is 1. The average molecular weight is 530 g/mol. The first-order valence-electron chi connectivity index (χ1n) is 12.7. The van der Waals surface area contributed by atoms with Crippen molar-refractivity contribution in [3.63, 3.8) is 0 Å². The molecule has 202 valence electrons. The highest BCUT2D eigenvalue weighted by Gasteiger charge is 2.18. The van der Waals surface area contributed by atoms with Crippen molar-refractivity contribution in [2.45, 2.75) is 27.7 Å². The van der Waals surface area contributed by atoms with Crippen LogP contribution in [-0.2, 0) is 9.53 Å². The van der Waals surface area contributed by atoms with E-state index in [0.29, 0.717) is 77.1 Å². The SMILES string of the molecule is C=C(\N=C(C)/C(=C\C)/C=C(\C)C(C)=O)Nc1ccc(-c2cccc3c(=O)cc(N4CCOCC4)oc23)c(F)c1. The molecule has 0 saturated carbocycles. The molecule has 1 aromatic heterocycles. The highest BCUT2D eigenvalue weighted by atomic mass is 19.1. The minimum atomic E-state index is -0.491. The molecule has 0 unspecified atom stereocenters. The summed E-state index contributed by atoms with van der Waals surface area (Å²) in [5, 5.41) is 3.40. The number of hydrogen-bond acceptors (Lipinski definition) is 7. The van der Waals surface area contributed by atoms with E-state index in [1.165, 1.54) is 19.1 Å². The van der Waals surface area contributed by atoms with Crippen LogP contribution in [0.25, 0.3) is 22.1 Å². The van der Waals surface area contributed by atoms with E-state index in [2.05, 4.69) is 16.9 Å². The zero-order chi connectivity index (χ0) is 28.1. The normalized spacial score (nSPS) is 15.0. The molecule has 39 heavy (non-hydrogen) atoms. The van der Waals surface area contributed by atoms with Crippen LogP contribution < -0.4 is 15.6 Å². The Bertz CT molecular complexity index is 1580. The van der Waals surface area contributed by atoms with Crippen LogP contribution in [0.1, 0.15) is 27.7 Å². The molecule has 1 fully saturated rings. The lowest BCUT2D eigenvalue weighted by Gasteiger charge is -2.27. The Labute approximate surface area is 227 Å². The molecule has 1 saturated heterocycles. The maximum absolute atomic E-state index is 15.4. The van der Waals surface area contributed by atoms with Crippen LogP contribution in [0.5, 0.6) is 0 Å². The van der Waals surface area contributed by atoms with Gasteiger partial charge in [-0.15, -0.1) is 0 Å². The third-order valence-electron chi connectivity index (χ3n) is 6.57. The number of hydrogen-bond donors (Lipinski definition) is 1. The van der Waals surface area contributed by atoms with Crippen LogP contribution in [0.3, 0.4) is 0 Å². The Hall–Kier alpha value is -4.30. The number of halogens is 1. The molecule has 0 spiro atoms. The molecular weight excluding hydrogens is 497 g/mol. The molecular formula is C31H32FN3O4. The number of carbonyl (C=O) groups is 1. The molecule has 3 aromatic rings. The summed E-state index contributed by atoms with van der Waals surface area (Å²) in [6.07, 6.45) is 3.63. The summed E-state index contributed by atoms with van der Waals surface area (Å²) in [4.78, 5) is 30.9. The first-order chi connectivity index (χ1) is 18.7. The number of rotatable bonds is 8. The lowest BCUT2D eigenvalue weighted by Crippen LogP contribution is -2.36.